The van der Waals surface area contributed by atoms with Gasteiger partial charge in [0.05, 0.1) is 6.16 Å². The smallest absolute Gasteiger partial charge is 0.127 e. The molecule has 0 aliphatic carbocycles. The molecule has 0 N–H and O–H groups in total. The summed E-state index contributed by atoms with van der Waals surface area (Å²) in [6, 6.07) is 51.5. The van der Waals surface area contributed by atoms with Crippen molar-refractivity contribution in [3.8, 4) is 11.5 Å². The van der Waals surface area contributed by atoms with Gasteiger partial charge in [-0.25, -0.2) is 0 Å². The standard InChI is InChI=1S/C31H26OP/c1-5-13-27(14-6-1)32-28-23-21-26(22-24-28)25-33(29-15-7-2-8-16-29,30-17-9-3-10-18-30)31-19-11-4-12-20-31/h1-24H,25H2/q+1. The van der Waals surface area contributed by atoms with Crippen molar-refractivity contribution < 1.29 is 4.74 Å². The Morgan fingerprint density at radius 1 is 0.394 bits per heavy atom. The lowest BCUT2D eigenvalue weighted by Crippen LogP contribution is -2.32. The normalized spacial score (nSPS) is 11.2. The van der Waals surface area contributed by atoms with Gasteiger partial charge in [0.15, 0.2) is 0 Å². The van der Waals surface area contributed by atoms with Gasteiger partial charge in [-0.3, -0.25) is 0 Å². The molecule has 5 aromatic rings. The van der Waals surface area contributed by atoms with Crippen LogP contribution in [-0.4, -0.2) is 0 Å². The topological polar surface area (TPSA) is 9.23 Å². The van der Waals surface area contributed by atoms with Gasteiger partial charge in [-0.15, -0.1) is 0 Å². The fourth-order valence-electron chi connectivity index (χ4n) is 4.33. The van der Waals surface area contributed by atoms with Crippen molar-refractivity contribution >= 4 is 23.2 Å². The zero-order valence-electron chi connectivity index (χ0n) is 18.4. The first-order chi connectivity index (χ1) is 16.3. The highest BCUT2D eigenvalue weighted by Crippen LogP contribution is 2.58. The highest BCUT2D eigenvalue weighted by molar-refractivity contribution is 7.95. The molecule has 0 atom stereocenters. The van der Waals surface area contributed by atoms with Crippen LogP contribution < -0.4 is 20.7 Å². The molecular weight excluding hydrogens is 419 g/mol. The van der Waals surface area contributed by atoms with Gasteiger partial charge >= 0.3 is 0 Å². The lowest BCUT2D eigenvalue weighted by atomic mass is 10.2. The highest BCUT2D eigenvalue weighted by Gasteiger charge is 2.45. The maximum atomic E-state index is 6.03. The zero-order chi connectivity index (χ0) is 22.3. The predicted octanol–water partition coefficient (Wildman–Crippen LogP) is 6.97. The van der Waals surface area contributed by atoms with Crippen LogP contribution in [0.15, 0.2) is 146 Å². The molecule has 0 unspecified atom stereocenters. The van der Waals surface area contributed by atoms with Crippen LogP contribution in [0.1, 0.15) is 5.56 Å². The van der Waals surface area contributed by atoms with Crippen molar-refractivity contribution in [2.24, 2.45) is 0 Å². The molecule has 0 saturated heterocycles. The Morgan fingerprint density at radius 2 is 0.758 bits per heavy atom. The van der Waals surface area contributed by atoms with Crippen molar-refractivity contribution in [1.29, 1.82) is 0 Å². The van der Waals surface area contributed by atoms with Crippen LogP contribution in [0, 0.1) is 0 Å². The van der Waals surface area contributed by atoms with Crippen LogP contribution in [0.2, 0.25) is 0 Å². The Bertz CT molecular complexity index is 1170. The van der Waals surface area contributed by atoms with E-state index in [1.807, 2.05) is 30.3 Å². The van der Waals surface area contributed by atoms with E-state index in [0.717, 1.165) is 17.7 Å². The number of ether oxygens (including phenoxy) is 1. The van der Waals surface area contributed by atoms with Crippen LogP contribution in [0.5, 0.6) is 11.5 Å². The Kier molecular flexibility index (Phi) is 6.33. The molecule has 5 aromatic carbocycles. The Hall–Kier alpha value is -3.67. The number of hydrogen-bond donors (Lipinski definition) is 0. The number of rotatable bonds is 7. The molecule has 0 fully saturated rings. The molecule has 0 aromatic heterocycles. The fourth-order valence-corrected chi connectivity index (χ4v) is 8.57. The third-order valence-electron chi connectivity index (χ3n) is 5.91. The number of hydrogen-bond acceptors (Lipinski definition) is 1. The van der Waals surface area contributed by atoms with Gasteiger partial charge in [-0.1, -0.05) is 84.9 Å². The van der Waals surface area contributed by atoms with Gasteiger partial charge in [-0.05, 0) is 66.2 Å². The summed E-state index contributed by atoms with van der Waals surface area (Å²) < 4.78 is 6.03. The first kappa shape index (κ1) is 21.2. The molecule has 0 saturated carbocycles. The third-order valence-corrected chi connectivity index (χ3v) is 10.3. The fraction of sp³-hybridized carbons (Fsp3) is 0.0323. The van der Waals surface area contributed by atoms with Crippen molar-refractivity contribution in [2.45, 2.75) is 6.16 Å². The van der Waals surface area contributed by atoms with E-state index >= 15 is 0 Å². The zero-order valence-corrected chi connectivity index (χ0v) is 19.3. The van der Waals surface area contributed by atoms with Crippen LogP contribution in [0.4, 0.5) is 0 Å². The van der Waals surface area contributed by atoms with Gasteiger partial charge in [-0.2, -0.15) is 0 Å². The largest absolute Gasteiger partial charge is 0.457 e. The summed E-state index contributed by atoms with van der Waals surface area (Å²) in [5.41, 5.74) is 1.31. The number of para-hydroxylation sites is 1. The van der Waals surface area contributed by atoms with Gasteiger partial charge in [0, 0.05) is 0 Å². The summed E-state index contributed by atoms with van der Waals surface area (Å²) in [5, 5.41) is 4.19. The number of benzene rings is 5. The second-order valence-electron chi connectivity index (χ2n) is 8.03. The van der Waals surface area contributed by atoms with E-state index in [-0.39, 0.29) is 0 Å². The minimum Gasteiger partial charge on any atom is -0.457 e. The maximum absolute atomic E-state index is 6.03. The minimum absolute atomic E-state index is 0.852. The summed E-state index contributed by atoms with van der Waals surface area (Å²) >= 11 is 0. The SMILES string of the molecule is c1ccc(Oc2ccc(C[P+](c3ccccc3)(c3ccccc3)c3ccccc3)cc2)cc1. The van der Waals surface area contributed by atoms with Crippen LogP contribution in [-0.2, 0) is 6.16 Å². The van der Waals surface area contributed by atoms with Gasteiger partial charge in [0.1, 0.15) is 34.7 Å². The minimum atomic E-state index is -1.90. The van der Waals surface area contributed by atoms with Gasteiger partial charge < -0.3 is 4.74 Å². The molecule has 0 aliphatic rings. The molecule has 0 amide bonds. The summed E-state index contributed by atoms with van der Waals surface area (Å²) in [6.45, 7) is 0. The molecule has 33 heavy (non-hydrogen) atoms. The van der Waals surface area contributed by atoms with E-state index in [9.17, 15) is 0 Å². The molecule has 2 heteroatoms. The molecule has 0 aliphatic heterocycles. The quantitative estimate of drug-likeness (QED) is 0.246. The van der Waals surface area contributed by atoms with E-state index in [1.54, 1.807) is 0 Å². The summed E-state index contributed by atoms with van der Waals surface area (Å²) in [5.74, 6) is 1.71. The molecule has 0 bridgehead atoms. The van der Waals surface area contributed by atoms with Crippen LogP contribution in [0.3, 0.4) is 0 Å². The van der Waals surface area contributed by atoms with Crippen molar-refractivity contribution in [2.75, 3.05) is 0 Å². The molecular formula is C31H26OP+. The lowest BCUT2D eigenvalue weighted by Gasteiger charge is -2.28. The Morgan fingerprint density at radius 3 is 1.18 bits per heavy atom. The monoisotopic (exact) mass is 445 g/mol. The summed E-state index contributed by atoms with van der Waals surface area (Å²) in [7, 11) is -1.90. The van der Waals surface area contributed by atoms with Crippen LogP contribution >= 0.6 is 7.26 Å². The average Bonchev–Trinajstić information content (AvgIpc) is 2.90. The predicted molar refractivity (Wildman–Crippen MR) is 142 cm³/mol. The second-order valence-corrected chi connectivity index (χ2v) is 11.5. The molecule has 160 valence electrons. The van der Waals surface area contributed by atoms with E-state index in [0.29, 0.717) is 0 Å². The molecule has 1 nitrogen and oxygen atoms in total. The third kappa shape index (κ3) is 4.60. The Labute approximate surface area is 196 Å². The average molecular weight is 446 g/mol. The van der Waals surface area contributed by atoms with Crippen molar-refractivity contribution in [3.63, 3.8) is 0 Å². The highest BCUT2D eigenvalue weighted by atomic mass is 31.2. The first-order valence-corrected chi connectivity index (χ1v) is 13.2. The molecule has 0 spiro atoms. The molecule has 0 radical (unpaired) electrons. The Balaban J connectivity index is 1.58. The van der Waals surface area contributed by atoms with E-state index in [1.165, 1.54) is 21.5 Å². The van der Waals surface area contributed by atoms with E-state index in [4.69, 9.17) is 4.74 Å². The summed E-state index contributed by atoms with van der Waals surface area (Å²) in [4.78, 5) is 0. The molecule has 0 heterocycles. The van der Waals surface area contributed by atoms with Gasteiger partial charge in [0.25, 0.3) is 0 Å². The maximum Gasteiger partial charge on any atom is 0.127 e. The molecule has 5 rings (SSSR count). The van der Waals surface area contributed by atoms with Gasteiger partial charge in [0.2, 0.25) is 0 Å². The van der Waals surface area contributed by atoms with E-state index in [2.05, 4.69) is 115 Å². The first-order valence-electron chi connectivity index (χ1n) is 11.2. The van der Waals surface area contributed by atoms with E-state index < -0.39 is 7.26 Å². The summed E-state index contributed by atoms with van der Waals surface area (Å²) in [6.07, 6.45) is 0.955. The lowest BCUT2D eigenvalue weighted by molar-refractivity contribution is 0.482. The second kappa shape index (κ2) is 9.86. The van der Waals surface area contributed by atoms with Crippen LogP contribution in [0.25, 0.3) is 0 Å². The van der Waals surface area contributed by atoms with Crippen molar-refractivity contribution in [3.05, 3.63) is 151 Å². The van der Waals surface area contributed by atoms with Crippen molar-refractivity contribution in [1.82, 2.24) is 0 Å².